The van der Waals surface area contributed by atoms with Crippen molar-refractivity contribution in [1.82, 2.24) is 0 Å². The Bertz CT molecular complexity index is 456. The number of benzene rings is 1. The maximum absolute atomic E-state index is 12.9. The molecule has 0 unspecified atom stereocenters. The molecule has 0 amide bonds. The van der Waals surface area contributed by atoms with E-state index in [1.807, 2.05) is 0 Å². The molecule has 2 rings (SSSR count). The zero-order valence-electron chi connectivity index (χ0n) is 7.46. The van der Waals surface area contributed by atoms with E-state index < -0.39 is 10.2 Å². The minimum Gasteiger partial charge on any atom is -0.385 e. The molecule has 1 aliphatic heterocycles. The molecule has 1 aromatic carbocycles. The highest BCUT2D eigenvalue weighted by atomic mass is 32.3. The Labute approximate surface area is 82.2 Å². The van der Waals surface area contributed by atoms with E-state index in [0.717, 1.165) is 18.7 Å². The zero-order chi connectivity index (χ0) is 10.2. The summed E-state index contributed by atoms with van der Waals surface area (Å²) in [6, 6.07) is 4.62. The highest BCUT2D eigenvalue weighted by Crippen LogP contribution is 2.29. The van der Waals surface area contributed by atoms with Crippen LogP contribution in [0, 0.1) is 0 Å². The van der Waals surface area contributed by atoms with Crippen LogP contribution in [0.1, 0.15) is 12.0 Å². The van der Waals surface area contributed by atoms with Gasteiger partial charge in [0.2, 0.25) is 0 Å². The molecule has 1 aromatic rings. The van der Waals surface area contributed by atoms with Crippen molar-refractivity contribution >= 4 is 15.9 Å². The summed E-state index contributed by atoms with van der Waals surface area (Å²) in [5, 5.41) is 3.04. The number of hydrogen-bond donors (Lipinski definition) is 1. The molecule has 0 radical (unpaired) electrons. The fourth-order valence-electron chi connectivity index (χ4n) is 1.71. The molecule has 5 heteroatoms. The molecule has 3 nitrogen and oxygen atoms in total. The molecule has 0 bridgehead atoms. The van der Waals surface area contributed by atoms with E-state index in [1.165, 1.54) is 6.07 Å². The second-order valence-electron chi connectivity index (χ2n) is 3.25. The fraction of sp³-hybridized carbons (Fsp3) is 0.333. The third-order valence-corrected chi connectivity index (χ3v) is 3.22. The van der Waals surface area contributed by atoms with Crippen molar-refractivity contribution in [3.05, 3.63) is 23.8 Å². The van der Waals surface area contributed by atoms with E-state index in [-0.39, 0.29) is 4.90 Å². The molecule has 1 N–H and O–H groups in total. The predicted molar refractivity (Wildman–Crippen MR) is 51.5 cm³/mol. The zero-order valence-corrected chi connectivity index (χ0v) is 8.27. The molecule has 0 spiro atoms. The van der Waals surface area contributed by atoms with Gasteiger partial charge in [-0.15, -0.1) is 3.89 Å². The summed E-state index contributed by atoms with van der Waals surface area (Å²) in [6.07, 6.45) is 1.45. The van der Waals surface area contributed by atoms with Crippen LogP contribution >= 0.6 is 0 Å². The largest absolute Gasteiger partial charge is 0.385 e. The number of anilines is 1. The quantitative estimate of drug-likeness (QED) is 0.725. The van der Waals surface area contributed by atoms with Crippen molar-refractivity contribution in [1.29, 1.82) is 0 Å². The summed E-state index contributed by atoms with van der Waals surface area (Å²) < 4.78 is 34.5. The molecule has 0 saturated carbocycles. The summed E-state index contributed by atoms with van der Waals surface area (Å²) >= 11 is 0. The highest BCUT2D eigenvalue weighted by molar-refractivity contribution is 7.86. The van der Waals surface area contributed by atoms with Crippen LogP contribution in [0.5, 0.6) is 0 Å². The van der Waals surface area contributed by atoms with Gasteiger partial charge in [-0.1, -0.05) is 6.07 Å². The van der Waals surface area contributed by atoms with Gasteiger partial charge in [-0.05, 0) is 30.5 Å². The van der Waals surface area contributed by atoms with Crippen molar-refractivity contribution in [2.24, 2.45) is 0 Å². The number of nitrogens with one attached hydrogen (secondary N) is 1. The van der Waals surface area contributed by atoms with Crippen molar-refractivity contribution in [3.63, 3.8) is 0 Å². The average molecular weight is 215 g/mol. The lowest BCUT2D eigenvalue weighted by Gasteiger charge is -2.19. The third-order valence-electron chi connectivity index (χ3n) is 2.31. The molecule has 1 aliphatic rings. The summed E-state index contributed by atoms with van der Waals surface area (Å²) in [5.41, 5.74) is 1.30. The lowest BCUT2D eigenvalue weighted by Crippen LogP contribution is -2.14. The van der Waals surface area contributed by atoms with Crippen LogP contribution in [0.15, 0.2) is 23.1 Å². The smallest absolute Gasteiger partial charge is 0.332 e. The van der Waals surface area contributed by atoms with Crippen LogP contribution in [0.25, 0.3) is 0 Å². The van der Waals surface area contributed by atoms with Gasteiger partial charge in [0.05, 0.1) is 0 Å². The molecule has 0 atom stereocenters. The van der Waals surface area contributed by atoms with Crippen LogP contribution in [-0.4, -0.2) is 15.0 Å². The minimum atomic E-state index is -4.58. The summed E-state index contributed by atoms with van der Waals surface area (Å²) in [7, 11) is -4.58. The summed E-state index contributed by atoms with van der Waals surface area (Å²) in [4.78, 5) is -0.192. The van der Waals surface area contributed by atoms with Crippen LogP contribution < -0.4 is 5.32 Å². The Morgan fingerprint density at radius 1 is 1.36 bits per heavy atom. The monoisotopic (exact) mass is 215 g/mol. The first kappa shape index (κ1) is 9.45. The molecule has 14 heavy (non-hydrogen) atoms. The van der Waals surface area contributed by atoms with Gasteiger partial charge in [0.25, 0.3) is 0 Å². The Morgan fingerprint density at radius 3 is 2.86 bits per heavy atom. The van der Waals surface area contributed by atoms with Crippen molar-refractivity contribution < 1.29 is 12.3 Å². The highest BCUT2D eigenvalue weighted by Gasteiger charge is 2.21. The summed E-state index contributed by atoms with van der Waals surface area (Å²) in [5.74, 6) is 0. The first-order valence-electron chi connectivity index (χ1n) is 4.39. The Balaban J connectivity index is 2.62. The Hall–Kier alpha value is -1.10. The van der Waals surface area contributed by atoms with Gasteiger partial charge in [0, 0.05) is 12.2 Å². The van der Waals surface area contributed by atoms with Gasteiger partial charge in [-0.3, -0.25) is 0 Å². The standard InChI is InChI=1S/C9H10FNO2S/c10-14(12,13)9-5-1-4-8-7(9)3-2-6-11-8/h1,4-5,11H,2-3,6H2. The number of hydrogen-bond acceptors (Lipinski definition) is 3. The van der Waals surface area contributed by atoms with E-state index in [4.69, 9.17) is 0 Å². The van der Waals surface area contributed by atoms with E-state index >= 15 is 0 Å². The molecule has 0 saturated heterocycles. The maximum Gasteiger partial charge on any atom is 0.332 e. The SMILES string of the molecule is O=S(=O)(F)c1cccc2c1CCCN2. The van der Waals surface area contributed by atoms with Crippen molar-refractivity contribution in [2.75, 3.05) is 11.9 Å². The number of halogens is 1. The van der Waals surface area contributed by atoms with Crippen molar-refractivity contribution in [3.8, 4) is 0 Å². The van der Waals surface area contributed by atoms with Crippen molar-refractivity contribution in [2.45, 2.75) is 17.7 Å². The first-order valence-corrected chi connectivity index (χ1v) is 5.78. The summed E-state index contributed by atoms with van der Waals surface area (Å²) in [6.45, 7) is 0.808. The third kappa shape index (κ3) is 1.59. The molecule has 0 aliphatic carbocycles. The van der Waals surface area contributed by atoms with Gasteiger partial charge < -0.3 is 5.32 Å². The molecular weight excluding hydrogens is 205 g/mol. The Morgan fingerprint density at radius 2 is 2.14 bits per heavy atom. The lowest BCUT2D eigenvalue weighted by atomic mass is 10.0. The van der Waals surface area contributed by atoms with Gasteiger partial charge in [0.15, 0.2) is 0 Å². The Kier molecular flexibility index (Phi) is 2.19. The van der Waals surface area contributed by atoms with Crippen LogP contribution in [0.4, 0.5) is 9.57 Å². The predicted octanol–water partition coefficient (Wildman–Crippen LogP) is 1.70. The second kappa shape index (κ2) is 3.24. The van der Waals surface area contributed by atoms with Gasteiger partial charge >= 0.3 is 10.2 Å². The van der Waals surface area contributed by atoms with E-state index in [2.05, 4.69) is 5.32 Å². The number of fused-ring (bicyclic) bond motifs is 1. The van der Waals surface area contributed by atoms with Gasteiger partial charge in [-0.2, -0.15) is 8.42 Å². The molecule has 76 valence electrons. The average Bonchev–Trinajstić information content (AvgIpc) is 2.15. The van der Waals surface area contributed by atoms with E-state index in [1.54, 1.807) is 12.1 Å². The molecular formula is C9H10FNO2S. The maximum atomic E-state index is 12.9. The molecule has 0 fully saturated rings. The van der Waals surface area contributed by atoms with Crippen LogP contribution in [0.2, 0.25) is 0 Å². The van der Waals surface area contributed by atoms with Gasteiger partial charge in [-0.25, -0.2) is 0 Å². The van der Waals surface area contributed by atoms with Crippen LogP contribution in [0.3, 0.4) is 0 Å². The minimum absolute atomic E-state index is 0.192. The second-order valence-corrected chi connectivity index (χ2v) is 4.57. The topological polar surface area (TPSA) is 46.2 Å². The lowest BCUT2D eigenvalue weighted by molar-refractivity contribution is 0.550. The fourth-order valence-corrected chi connectivity index (χ4v) is 2.45. The molecule has 1 heterocycles. The number of rotatable bonds is 1. The normalized spacial score (nSPS) is 15.8. The first-order chi connectivity index (χ1) is 6.59. The van der Waals surface area contributed by atoms with E-state index in [0.29, 0.717) is 12.0 Å². The molecule has 0 aromatic heterocycles. The van der Waals surface area contributed by atoms with Crippen LogP contribution in [-0.2, 0) is 16.6 Å². The van der Waals surface area contributed by atoms with Gasteiger partial charge in [0.1, 0.15) is 4.90 Å². The van der Waals surface area contributed by atoms with E-state index in [9.17, 15) is 12.3 Å².